The molecule has 1 heterocycles. The number of nitro benzene ring substituents is 1. The predicted octanol–water partition coefficient (Wildman–Crippen LogP) is 5.96. The maximum Gasteiger partial charge on any atom is 0.269 e. The molecule has 0 atom stereocenters. The lowest BCUT2D eigenvalue weighted by Crippen LogP contribution is -2.18. The molecule has 0 aromatic heterocycles. The Morgan fingerprint density at radius 3 is 2.33 bits per heavy atom. The van der Waals surface area contributed by atoms with Crippen LogP contribution in [0.25, 0.3) is 6.08 Å². The Morgan fingerprint density at radius 1 is 1.03 bits per heavy atom. The molecule has 1 amide bonds. The third-order valence-corrected chi connectivity index (χ3v) is 8.25. The minimum Gasteiger partial charge on any atom is -0.320 e. The van der Waals surface area contributed by atoms with E-state index in [2.05, 4.69) is 5.32 Å². The second kappa shape index (κ2) is 9.18. The van der Waals surface area contributed by atoms with Crippen molar-refractivity contribution in [2.75, 3.05) is 5.32 Å². The van der Waals surface area contributed by atoms with Crippen molar-refractivity contribution < 1.29 is 18.1 Å². The SMILES string of the molecule is O=C1Nc2cc(S(=O)(=O)Cc3c(Cl)cccc3Cl)ccc2SC1=Cc1ccc([N+](=O)[O-])cc1. The first-order valence-corrected chi connectivity index (χ1v) is 12.6. The topological polar surface area (TPSA) is 106 Å². The van der Waals surface area contributed by atoms with Gasteiger partial charge in [-0.1, -0.05) is 41.0 Å². The highest BCUT2D eigenvalue weighted by Gasteiger charge is 2.25. The number of hydrogen-bond acceptors (Lipinski definition) is 6. The highest BCUT2D eigenvalue weighted by Crippen LogP contribution is 2.40. The highest BCUT2D eigenvalue weighted by atomic mass is 35.5. The number of fused-ring (bicyclic) bond motifs is 1. The summed E-state index contributed by atoms with van der Waals surface area (Å²) in [6.45, 7) is 0. The molecule has 1 N–H and O–H groups in total. The number of anilines is 1. The van der Waals surface area contributed by atoms with E-state index in [4.69, 9.17) is 23.2 Å². The van der Waals surface area contributed by atoms with E-state index in [0.29, 0.717) is 26.6 Å². The summed E-state index contributed by atoms with van der Waals surface area (Å²) in [7, 11) is -3.78. The number of nitrogens with one attached hydrogen (secondary N) is 1. The summed E-state index contributed by atoms with van der Waals surface area (Å²) in [5.74, 6) is -0.786. The Hall–Kier alpha value is -2.85. The smallest absolute Gasteiger partial charge is 0.269 e. The zero-order chi connectivity index (χ0) is 23.8. The number of hydrogen-bond donors (Lipinski definition) is 1. The number of carbonyl (C=O) groups is 1. The van der Waals surface area contributed by atoms with Crippen LogP contribution in [0.5, 0.6) is 0 Å². The number of non-ortho nitro benzene ring substituents is 1. The number of nitrogens with zero attached hydrogens (tertiary/aromatic N) is 1. The molecular weight excluding hydrogens is 507 g/mol. The van der Waals surface area contributed by atoms with E-state index >= 15 is 0 Å². The maximum absolute atomic E-state index is 13.0. The van der Waals surface area contributed by atoms with Gasteiger partial charge in [0.05, 0.1) is 26.2 Å². The summed E-state index contributed by atoms with van der Waals surface area (Å²) in [5, 5.41) is 14.0. The first kappa shape index (κ1) is 23.3. The first-order chi connectivity index (χ1) is 15.6. The molecule has 0 fully saturated rings. The predicted molar refractivity (Wildman–Crippen MR) is 129 cm³/mol. The molecule has 33 heavy (non-hydrogen) atoms. The number of amides is 1. The number of thioether (sulfide) groups is 1. The van der Waals surface area contributed by atoms with Gasteiger partial charge in [-0.25, -0.2) is 8.42 Å². The normalized spacial score (nSPS) is 14.6. The molecule has 168 valence electrons. The average Bonchev–Trinajstić information content (AvgIpc) is 2.77. The van der Waals surface area contributed by atoms with Crippen LogP contribution in [-0.2, 0) is 20.4 Å². The number of sulfone groups is 1. The van der Waals surface area contributed by atoms with E-state index in [1.54, 1.807) is 42.5 Å². The molecular formula is C22H14Cl2N2O5S2. The van der Waals surface area contributed by atoms with Gasteiger partial charge in [0.1, 0.15) is 0 Å². The average molecular weight is 521 g/mol. The summed E-state index contributed by atoms with van der Waals surface area (Å²) >= 11 is 13.4. The van der Waals surface area contributed by atoms with Crippen LogP contribution in [0.2, 0.25) is 10.0 Å². The minimum atomic E-state index is -3.78. The lowest BCUT2D eigenvalue weighted by molar-refractivity contribution is -0.384. The van der Waals surface area contributed by atoms with Crippen molar-refractivity contribution in [2.24, 2.45) is 0 Å². The highest BCUT2D eigenvalue weighted by molar-refractivity contribution is 8.04. The van der Waals surface area contributed by atoms with Gasteiger partial charge in [0, 0.05) is 32.6 Å². The molecule has 1 aliphatic rings. The fraction of sp³-hybridized carbons (Fsp3) is 0.0455. The monoisotopic (exact) mass is 520 g/mol. The summed E-state index contributed by atoms with van der Waals surface area (Å²) in [6.07, 6.45) is 1.61. The van der Waals surface area contributed by atoms with E-state index in [-0.39, 0.29) is 26.4 Å². The van der Waals surface area contributed by atoms with Gasteiger partial charge in [0.15, 0.2) is 9.84 Å². The molecule has 0 bridgehead atoms. The molecule has 0 unspecified atom stereocenters. The molecule has 3 aromatic carbocycles. The molecule has 0 radical (unpaired) electrons. The summed E-state index contributed by atoms with van der Waals surface area (Å²) in [4.78, 5) is 23.9. The van der Waals surface area contributed by atoms with Crippen LogP contribution in [0.4, 0.5) is 11.4 Å². The molecule has 0 spiro atoms. The number of carbonyl (C=O) groups excluding carboxylic acids is 1. The van der Waals surface area contributed by atoms with Crippen LogP contribution in [0.15, 0.2) is 75.4 Å². The molecule has 3 aromatic rings. The fourth-order valence-corrected chi connectivity index (χ4v) is 6.17. The Balaban J connectivity index is 1.59. The molecule has 1 aliphatic heterocycles. The van der Waals surface area contributed by atoms with E-state index in [0.717, 1.165) is 0 Å². The molecule has 0 saturated carbocycles. The van der Waals surface area contributed by atoms with E-state index in [1.165, 1.54) is 36.0 Å². The van der Waals surface area contributed by atoms with Gasteiger partial charge in [0.2, 0.25) is 0 Å². The van der Waals surface area contributed by atoms with Crippen LogP contribution in [-0.4, -0.2) is 19.2 Å². The third kappa shape index (κ3) is 5.06. The van der Waals surface area contributed by atoms with Crippen LogP contribution in [0, 0.1) is 10.1 Å². The Bertz CT molecular complexity index is 1400. The third-order valence-electron chi connectivity index (χ3n) is 4.80. The van der Waals surface area contributed by atoms with Crippen molar-refractivity contribution in [3.8, 4) is 0 Å². The molecule has 0 saturated heterocycles. The van der Waals surface area contributed by atoms with Gasteiger partial charge in [-0.2, -0.15) is 0 Å². The quantitative estimate of drug-likeness (QED) is 0.252. The van der Waals surface area contributed by atoms with Gasteiger partial charge in [0.25, 0.3) is 11.6 Å². The van der Waals surface area contributed by atoms with E-state index < -0.39 is 20.7 Å². The Morgan fingerprint density at radius 2 is 1.70 bits per heavy atom. The lowest BCUT2D eigenvalue weighted by Gasteiger charge is -2.19. The number of benzene rings is 3. The molecule has 4 rings (SSSR count). The van der Waals surface area contributed by atoms with Gasteiger partial charge >= 0.3 is 0 Å². The van der Waals surface area contributed by atoms with Crippen molar-refractivity contribution in [1.82, 2.24) is 0 Å². The summed E-state index contributed by atoms with van der Waals surface area (Å²) in [5.41, 5.74) is 1.26. The number of halogens is 2. The van der Waals surface area contributed by atoms with Gasteiger partial charge in [-0.3, -0.25) is 14.9 Å². The molecule has 11 heteroatoms. The van der Waals surface area contributed by atoms with Crippen LogP contribution >= 0.6 is 35.0 Å². The summed E-state index contributed by atoms with van der Waals surface area (Å²) in [6, 6.07) is 15.1. The second-order valence-electron chi connectivity index (χ2n) is 7.03. The number of rotatable bonds is 5. The van der Waals surface area contributed by atoms with Gasteiger partial charge in [-0.05, 0) is 54.1 Å². The Kier molecular flexibility index (Phi) is 6.49. The van der Waals surface area contributed by atoms with Crippen molar-refractivity contribution in [3.05, 3.63) is 96.9 Å². The molecule has 0 aliphatic carbocycles. The van der Waals surface area contributed by atoms with Crippen LogP contribution in [0.3, 0.4) is 0 Å². The zero-order valence-corrected chi connectivity index (χ0v) is 19.8. The largest absolute Gasteiger partial charge is 0.320 e. The fourth-order valence-electron chi connectivity index (χ4n) is 3.12. The van der Waals surface area contributed by atoms with Crippen LogP contribution in [0.1, 0.15) is 11.1 Å². The maximum atomic E-state index is 13.0. The van der Waals surface area contributed by atoms with Crippen molar-refractivity contribution >= 4 is 68.2 Å². The van der Waals surface area contributed by atoms with Gasteiger partial charge in [-0.15, -0.1) is 0 Å². The summed E-state index contributed by atoms with van der Waals surface area (Å²) < 4.78 is 25.9. The van der Waals surface area contributed by atoms with Gasteiger partial charge < -0.3 is 5.32 Å². The van der Waals surface area contributed by atoms with Crippen molar-refractivity contribution in [2.45, 2.75) is 15.5 Å². The standard InChI is InChI=1S/C22H14Cl2N2O5S2/c23-17-2-1-3-18(24)16(17)12-33(30,31)15-8-9-20-19(11-15)25-22(27)21(32-20)10-13-4-6-14(7-5-13)26(28)29/h1-11H,12H2,(H,25,27). The van der Waals surface area contributed by atoms with Crippen LogP contribution < -0.4 is 5.32 Å². The number of nitro groups is 1. The second-order valence-corrected chi connectivity index (χ2v) is 10.9. The first-order valence-electron chi connectivity index (χ1n) is 9.39. The van der Waals surface area contributed by atoms with Crippen molar-refractivity contribution in [1.29, 1.82) is 0 Å². The zero-order valence-electron chi connectivity index (χ0n) is 16.6. The van der Waals surface area contributed by atoms with E-state index in [1.807, 2.05) is 0 Å². The Labute approximate surface area is 203 Å². The lowest BCUT2D eigenvalue weighted by atomic mass is 10.2. The molecule has 7 nitrogen and oxygen atoms in total. The van der Waals surface area contributed by atoms with E-state index in [9.17, 15) is 23.3 Å². The minimum absolute atomic E-state index is 0.0286. The van der Waals surface area contributed by atoms with Crippen molar-refractivity contribution in [3.63, 3.8) is 0 Å².